The van der Waals surface area contributed by atoms with Crippen LogP contribution in [0.1, 0.15) is 27.8 Å². The van der Waals surface area contributed by atoms with Crippen molar-refractivity contribution >= 4 is 49.3 Å². The van der Waals surface area contributed by atoms with Crippen LogP contribution in [0.15, 0.2) is 158 Å². The average Bonchev–Trinajstić information content (AvgIpc) is 3.79. The van der Waals surface area contributed by atoms with Crippen LogP contribution in [0.2, 0.25) is 0 Å². The molecule has 0 saturated heterocycles. The van der Waals surface area contributed by atoms with Crippen molar-refractivity contribution in [2.75, 3.05) is 0 Å². The molecule has 0 aliphatic carbocycles. The molecule has 66 heavy (non-hydrogen) atoms. The fourth-order valence-corrected chi connectivity index (χ4v) is 9.27. The Morgan fingerprint density at radius 2 is 0.924 bits per heavy atom. The summed E-state index contributed by atoms with van der Waals surface area (Å²) in [7, 11) is 0. The predicted molar refractivity (Wildman–Crippen MR) is 242 cm³/mol. The van der Waals surface area contributed by atoms with Crippen LogP contribution in [-0.4, -0.2) is 9.13 Å². The molecule has 326 valence electrons. The first kappa shape index (κ1) is 42.2. The molecule has 0 aliphatic heterocycles. The molecular weight excluding hydrogens is 862 g/mol. The quantitative estimate of drug-likeness (QED) is 0.121. The number of aromatic nitrogens is 2. The van der Waals surface area contributed by atoms with Gasteiger partial charge in [0.15, 0.2) is 5.69 Å². The van der Waals surface area contributed by atoms with Gasteiger partial charge in [0.2, 0.25) is 0 Å². The summed E-state index contributed by atoms with van der Waals surface area (Å²) >= 11 is 0. The molecule has 3 nitrogen and oxygen atoms in total. The summed E-state index contributed by atoms with van der Waals surface area (Å²) in [6, 6.07) is 40.9. The Morgan fingerprint density at radius 3 is 1.48 bits per heavy atom. The summed E-state index contributed by atoms with van der Waals surface area (Å²) in [6.07, 6.45) is -14.8. The Morgan fingerprint density at radius 1 is 0.409 bits per heavy atom. The molecule has 0 amide bonds. The SMILES string of the molecule is [C-]#[N+]c1ccc(-n2c3ccccc3c3cc(-c4ccc(C(F)(F)F)cc4C(F)(F)F)ccc32)c(-c2ccc(C(F)(F)F)cc2-n2c3ccccc3c3cc(-c4ccc(C)cc4C)ccc32)c1. The Hall–Kier alpha value is -7.78. The van der Waals surface area contributed by atoms with Crippen molar-refractivity contribution < 1.29 is 39.5 Å². The molecule has 0 atom stereocenters. The molecule has 2 aromatic heterocycles. The van der Waals surface area contributed by atoms with Crippen molar-refractivity contribution in [3.63, 3.8) is 0 Å². The summed E-state index contributed by atoms with van der Waals surface area (Å²) in [6.45, 7) is 12.0. The van der Waals surface area contributed by atoms with Crippen LogP contribution in [0.5, 0.6) is 0 Å². The number of benzene rings is 8. The van der Waals surface area contributed by atoms with Gasteiger partial charge in [0, 0.05) is 27.1 Å². The molecule has 10 rings (SSSR count). The first-order valence-corrected chi connectivity index (χ1v) is 20.6. The topological polar surface area (TPSA) is 14.2 Å². The molecule has 0 N–H and O–H groups in total. The van der Waals surface area contributed by atoms with E-state index < -0.39 is 40.8 Å². The molecule has 12 heteroatoms. The maximum absolute atomic E-state index is 14.8. The van der Waals surface area contributed by atoms with Crippen LogP contribution in [0, 0.1) is 20.4 Å². The van der Waals surface area contributed by atoms with Gasteiger partial charge in [-0.05, 0) is 120 Å². The standard InChI is InChI=1S/C54H32F9N3/c1-30-12-18-37(31(2)24-30)32-13-21-49-42(25-32)40-9-5-7-11-47(40)66(49)51-28-35(53(58,59)60)16-20-41(51)44-29-36(64-3)17-23-50(44)65-46-10-6-4-8-39(46)43-26-33(14-22-48(43)65)38-19-15-34(52(55,56)57)27-45(38)54(61,62)63/h4-29H,1-2H3. The number of alkyl halides is 9. The van der Waals surface area contributed by atoms with Crippen molar-refractivity contribution in [2.24, 2.45) is 0 Å². The number of halogens is 9. The normalized spacial score (nSPS) is 12.5. The van der Waals surface area contributed by atoms with Crippen molar-refractivity contribution in [3.05, 3.63) is 197 Å². The van der Waals surface area contributed by atoms with Gasteiger partial charge in [0.1, 0.15) is 0 Å². The number of aryl methyl sites for hydroxylation is 2. The number of fused-ring (bicyclic) bond motifs is 6. The highest BCUT2D eigenvalue weighted by Crippen LogP contribution is 2.46. The van der Waals surface area contributed by atoms with Crippen LogP contribution < -0.4 is 0 Å². The van der Waals surface area contributed by atoms with E-state index in [2.05, 4.69) is 10.9 Å². The third kappa shape index (κ3) is 7.02. The van der Waals surface area contributed by atoms with Crippen molar-refractivity contribution in [1.82, 2.24) is 9.13 Å². The van der Waals surface area contributed by atoms with Crippen LogP contribution >= 0.6 is 0 Å². The molecule has 0 unspecified atom stereocenters. The van der Waals surface area contributed by atoms with Gasteiger partial charge in [-0.15, -0.1) is 0 Å². The summed E-state index contributed by atoms with van der Waals surface area (Å²) in [5.41, 5.74) is 3.83. The smallest absolute Gasteiger partial charge is 0.309 e. The first-order valence-electron chi connectivity index (χ1n) is 20.6. The fraction of sp³-hybridized carbons (Fsp3) is 0.0926. The van der Waals surface area contributed by atoms with Gasteiger partial charge in [0.05, 0.1) is 56.7 Å². The van der Waals surface area contributed by atoms with E-state index >= 15 is 0 Å². The van der Waals surface area contributed by atoms with Gasteiger partial charge in [-0.3, -0.25) is 0 Å². The van der Waals surface area contributed by atoms with E-state index in [0.717, 1.165) is 51.2 Å². The lowest BCUT2D eigenvalue weighted by Gasteiger charge is -2.20. The first-order chi connectivity index (χ1) is 31.4. The number of para-hydroxylation sites is 2. The zero-order chi connectivity index (χ0) is 46.4. The fourth-order valence-electron chi connectivity index (χ4n) is 9.27. The second kappa shape index (κ2) is 15.2. The van der Waals surface area contributed by atoms with E-state index in [-0.39, 0.29) is 23.0 Å². The average molecular weight is 894 g/mol. The minimum absolute atomic E-state index is 0.0205. The predicted octanol–water partition coefficient (Wildman–Crippen LogP) is 17.1. The van der Waals surface area contributed by atoms with E-state index in [4.69, 9.17) is 6.57 Å². The Labute approximate surface area is 371 Å². The number of rotatable bonds is 5. The van der Waals surface area contributed by atoms with Gasteiger partial charge in [-0.25, -0.2) is 4.85 Å². The third-order valence-corrected chi connectivity index (χ3v) is 12.2. The van der Waals surface area contributed by atoms with Crippen molar-refractivity contribution in [2.45, 2.75) is 32.4 Å². The van der Waals surface area contributed by atoms with E-state index in [1.54, 1.807) is 53.1 Å². The number of nitrogens with zero attached hydrogens (tertiary/aromatic N) is 3. The van der Waals surface area contributed by atoms with Crippen LogP contribution in [-0.2, 0) is 18.5 Å². The lowest BCUT2D eigenvalue weighted by Crippen LogP contribution is -2.12. The van der Waals surface area contributed by atoms with E-state index in [9.17, 15) is 39.5 Å². The maximum Gasteiger partial charge on any atom is 0.417 e. The maximum atomic E-state index is 14.8. The van der Waals surface area contributed by atoms with Gasteiger partial charge in [-0.1, -0.05) is 90.5 Å². The van der Waals surface area contributed by atoms with E-state index in [0.29, 0.717) is 55.7 Å². The summed E-state index contributed by atoms with van der Waals surface area (Å²) in [5, 5.41) is 2.66. The lowest BCUT2D eigenvalue weighted by atomic mass is 9.95. The molecule has 0 radical (unpaired) electrons. The summed E-state index contributed by atoms with van der Waals surface area (Å²) in [5.74, 6) is 0. The second-order valence-corrected chi connectivity index (χ2v) is 16.3. The molecule has 2 heterocycles. The Bertz CT molecular complexity index is 3650. The van der Waals surface area contributed by atoms with Gasteiger partial charge in [-0.2, -0.15) is 39.5 Å². The van der Waals surface area contributed by atoms with Crippen LogP contribution in [0.4, 0.5) is 45.2 Å². The highest BCUT2D eigenvalue weighted by molar-refractivity contribution is 6.13. The molecule has 0 spiro atoms. The lowest BCUT2D eigenvalue weighted by molar-refractivity contribution is -0.143. The highest BCUT2D eigenvalue weighted by atomic mass is 19.4. The molecule has 0 fully saturated rings. The number of hydrogen-bond acceptors (Lipinski definition) is 0. The van der Waals surface area contributed by atoms with Gasteiger partial charge in [0.25, 0.3) is 0 Å². The largest absolute Gasteiger partial charge is 0.417 e. The van der Waals surface area contributed by atoms with Crippen LogP contribution in [0.25, 0.3) is 93.2 Å². The van der Waals surface area contributed by atoms with Crippen LogP contribution in [0.3, 0.4) is 0 Å². The molecular formula is C54H32F9N3. The minimum atomic E-state index is -5.11. The zero-order valence-electron chi connectivity index (χ0n) is 34.8. The Kier molecular flexibility index (Phi) is 9.69. The van der Waals surface area contributed by atoms with E-state index in [1.165, 1.54) is 18.2 Å². The third-order valence-electron chi connectivity index (χ3n) is 12.2. The molecule has 0 bridgehead atoms. The van der Waals surface area contributed by atoms with Crippen molar-refractivity contribution in [1.29, 1.82) is 0 Å². The summed E-state index contributed by atoms with van der Waals surface area (Å²) in [4.78, 5) is 3.69. The number of hydrogen-bond donors (Lipinski definition) is 0. The van der Waals surface area contributed by atoms with E-state index in [1.807, 2.05) is 73.0 Å². The second-order valence-electron chi connectivity index (χ2n) is 16.3. The van der Waals surface area contributed by atoms with Gasteiger partial charge < -0.3 is 9.13 Å². The highest BCUT2D eigenvalue weighted by Gasteiger charge is 2.39. The molecule has 0 aliphatic rings. The molecule has 8 aromatic carbocycles. The monoisotopic (exact) mass is 893 g/mol. The molecule has 0 saturated carbocycles. The van der Waals surface area contributed by atoms with Crippen molar-refractivity contribution in [3.8, 4) is 44.8 Å². The summed E-state index contributed by atoms with van der Waals surface area (Å²) < 4.78 is 132. The minimum Gasteiger partial charge on any atom is -0.309 e. The van der Waals surface area contributed by atoms with Gasteiger partial charge >= 0.3 is 18.5 Å². The Balaban J connectivity index is 1.24. The zero-order valence-corrected chi connectivity index (χ0v) is 34.8. The molecule has 10 aromatic rings.